The van der Waals surface area contributed by atoms with Crippen LogP contribution < -0.4 is 5.32 Å². The number of nitrogens with zero attached hydrogens (tertiary/aromatic N) is 3. The van der Waals surface area contributed by atoms with Gasteiger partial charge in [-0.2, -0.15) is 5.10 Å². The summed E-state index contributed by atoms with van der Waals surface area (Å²) in [6.45, 7) is 5.14. The van der Waals surface area contributed by atoms with Crippen molar-refractivity contribution in [2.24, 2.45) is 5.92 Å². The van der Waals surface area contributed by atoms with Gasteiger partial charge in [-0.05, 0) is 48.9 Å². The fourth-order valence-electron chi connectivity index (χ4n) is 2.42. The Morgan fingerprint density at radius 3 is 2.84 bits per heavy atom. The van der Waals surface area contributed by atoms with Gasteiger partial charge in [0.05, 0.1) is 29.0 Å². The second-order valence-corrected chi connectivity index (χ2v) is 6.55. The first kappa shape index (κ1) is 15.0. The fraction of sp³-hybridized carbons (Fsp3) is 0.786. The average molecular weight is 329 g/mol. The first-order valence-electron chi connectivity index (χ1n) is 7.21. The molecule has 0 radical (unpaired) electrons. The lowest BCUT2D eigenvalue weighted by Gasteiger charge is -2.21. The van der Waals surface area contributed by atoms with Crippen LogP contribution in [0.4, 0.5) is 0 Å². The highest BCUT2D eigenvalue weighted by Crippen LogP contribution is 2.39. The van der Waals surface area contributed by atoms with Gasteiger partial charge in [0.2, 0.25) is 0 Å². The smallest absolute Gasteiger partial charge is 0.0696 e. The number of hydrogen-bond donors (Lipinski definition) is 1. The number of halogens is 1. The molecule has 0 aliphatic heterocycles. The predicted octanol–water partition coefficient (Wildman–Crippen LogP) is 2.66. The molecule has 1 aliphatic rings. The molecule has 0 amide bonds. The molecular weight excluding hydrogens is 304 g/mol. The lowest BCUT2D eigenvalue weighted by atomic mass is 10.1. The minimum Gasteiger partial charge on any atom is -0.309 e. The first-order chi connectivity index (χ1) is 9.11. The molecule has 1 unspecified atom stereocenters. The largest absolute Gasteiger partial charge is 0.309 e. The molecule has 1 aliphatic carbocycles. The summed E-state index contributed by atoms with van der Waals surface area (Å²) in [4.78, 5) is 2.20. The monoisotopic (exact) mass is 328 g/mol. The number of rotatable bonds is 8. The number of nitrogens with one attached hydrogen (secondary N) is 1. The highest BCUT2D eigenvalue weighted by molar-refractivity contribution is 9.10. The Kier molecular flexibility index (Phi) is 5.42. The molecular formula is C14H25BrN4. The van der Waals surface area contributed by atoms with Crippen molar-refractivity contribution >= 4 is 15.9 Å². The van der Waals surface area contributed by atoms with Crippen LogP contribution in [0.2, 0.25) is 0 Å². The third-order valence-corrected chi connectivity index (χ3v) is 4.25. The van der Waals surface area contributed by atoms with Gasteiger partial charge in [0.25, 0.3) is 0 Å². The molecule has 5 heteroatoms. The zero-order valence-corrected chi connectivity index (χ0v) is 13.8. The van der Waals surface area contributed by atoms with Gasteiger partial charge in [-0.3, -0.25) is 4.68 Å². The lowest BCUT2D eigenvalue weighted by Crippen LogP contribution is -2.27. The van der Waals surface area contributed by atoms with E-state index in [2.05, 4.69) is 56.9 Å². The molecule has 4 nitrogen and oxygen atoms in total. The van der Waals surface area contributed by atoms with Gasteiger partial charge in [0.1, 0.15) is 0 Å². The van der Waals surface area contributed by atoms with E-state index in [4.69, 9.17) is 0 Å². The minimum atomic E-state index is 0.427. The molecule has 108 valence electrons. The summed E-state index contributed by atoms with van der Waals surface area (Å²) in [5.41, 5.74) is 1.32. The minimum absolute atomic E-state index is 0.427. The van der Waals surface area contributed by atoms with E-state index in [0.717, 1.165) is 30.0 Å². The van der Waals surface area contributed by atoms with Gasteiger partial charge in [0.15, 0.2) is 0 Å². The lowest BCUT2D eigenvalue weighted by molar-refractivity contribution is 0.358. The van der Waals surface area contributed by atoms with Crippen molar-refractivity contribution in [3.63, 3.8) is 0 Å². The number of hydrogen-bond acceptors (Lipinski definition) is 3. The Labute approximate surface area is 124 Å². The van der Waals surface area contributed by atoms with Crippen LogP contribution in [0.15, 0.2) is 10.7 Å². The maximum absolute atomic E-state index is 4.52. The highest BCUT2D eigenvalue weighted by atomic mass is 79.9. The summed E-state index contributed by atoms with van der Waals surface area (Å²) in [5, 5.41) is 8.14. The van der Waals surface area contributed by atoms with Crippen LogP contribution in [0.5, 0.6) is 0 Å². The van der Waals surface area contributed by atoms with Gasteiger partial charge >= 0.3 is 0 Å². The van der Waals surface area contributed by atoms with E-state index < -0.39 is 0 Å². The van der Waals surface area contributed by atoms with E-state index in [-0.39, 0.29) is 0 Å². The van der Waals surface area contributed by atoms with Crippen molar-refractivity contribution in [1.29, 1.82) is 0 Å². The van der Waals surface area contributed by atoms with Crippen LogP contribution in [0, 0.1) is 5.92 Å². The maximum atomic E-state index is 4.52. The molecule has 2 rings (SSSR count). The van der Waals surface area contributed by atoms with Crippen molar-refractivity contribution in [2.45, 2.75) is 38.8 Å². The molecule has 0 bridgehead atoms. The van der Waals surface area contributed by atoms with E-state index in [9.17, 15) is 0 Å². The molecule has 1 fully saturated rings. The summed E-state index contributed by atoms with van der Waals surface area (Å²) >= 11 is 3.67. The number of aromatic nitrogens is 2. The van der Waals surface area contributed by atoms with Crippen molar-refractivity contribution in [3.05, 3.63) is 16.4 Å². The Morgan fingerprint density at radius 2 is 2.26 bits per heavy atom. The quantitative estimate of drug-likeness (QED) is 0.796. The zero-order valence-electron chi connectivity index (χ0n) is 12.2. The molecule has 19 heavy (non-hydrogen) atoms. The van der Waals surface area contributed by atoms with E-state index in [1.54, 1.807) is 0 Å². The molecule has 1 atom stereocenters. The standard InChI is InChI=1S/C14H25BrN4/c1-4-16-13(9-11-5-6-11)14-12(15)10-17-19(14)8-7-18(2)3/h10-11,13,16H,4-9H2,1-3H3. The van der Waals surface area contributed by atoms with Crippen LogP contribution in [0.1, 0.15) is 37.9 Å². The molecule has 0 spiro atoms. The Balaban J connectivity index is 2.11. The van der Waals surface area contributed by atoms with Gasteiger partial charge < -0.3 is 10.2 Å². The molecule has 1 aromatic rings. The normalized spacial score (nSPS) is 17.1. The first-order valence-corrected chi connectivity index (χ1v) is 8.00. The van der Waals surface area contributed by atoms with Gasteiger partial charge in [-0.1, -0.05) is 19.8 Å². The second kappa shape index (κ2) is 6.86. The highest BCUT2D eigenvalue weighted by Gasteiger charge is 2.28. The number of likely N-dealkylation sites (N-methyl/N-ethyl adjacent to an activating group) is 1. The Morgan fingerprint density at radius 1 is 1.53 bits per heavy atom. The van der Waals surface area contributed by atoms with E-state index in [1.165, 1.54) is 25.0 Å². The van der Waals surface area contributed by atoms with Crippen LogP contribution in [-0.4, -0.2) is 41.9 Å². The fourth-order valence-corrected chi connectivity index (χ4v) is 2.99. The molecule has 1 N–H and O–H groups in total. The molecule has 1 heterocycles. The predicted molar refractivity (Wildman–Crippen MR) is 82.2 cm³/mol. The Hall–Kier alpha value is -0.390. The molecule has 1 saturated carbocycles. The van der Waals surface area contributed by atoms with Gasteiger partial charge in [0, 0.05) is 6.54 Å². The molecule has 0 saturated heterocycles. The van der Waals surface area contributed by atoms with Crippen LogP contribution in [0.3, 0.4) is 0 Å². The third kappa shape index (κ3) is 4.29. The van der Waals surface area contributed by atoms with E-state index in [0.29, 0.717) is 6.04 Å². The van der Waals surface area contributed by atoms with Crippen LogP contribution in [-0.2, 0) is 6.54 Å². The summed E-state index contributed by atoms with van der Waals surface area (Å²) in [7, 11) is 4.20. The topological polar surface area (TPSA) is 33.1 Å². The maximum Gasteiger partial charge on any atom is 0.0696 e. The van der Waals surface area contributed by atoms with Crippen LogP contribution in [0.25, 0.3) is 0 Å². The van der Waals surface area contributed by atoms with Crippen molar-refractivity contribution < 1.29 is 0 Å². The summed E-state index contributed by atoms with van der Waals surface area (Å²) < 4.78 is 3.29. The van der Waals surface area contributed by atoms with Gasteiger partial charge in [-0.25, -0.2) is 0 Å². The SMILES string of the molecule is CCNC(CC1CC1)c1c(Br)cnn1CCN(C)C. The summed E-state index contributed by atoms with van der Waals surface area (Å²) in [6.07, 6.45) is 5.96. The third-order valence-electron chi connectivity index (χ3n) is 3.64. The van der Waals surface area contributed by atoms with Crippen LogP contribution >= 0.6 is 15.9 Å². The Bertz CT molecular complexity index is 398. The van der Waals surface area contributed by atoms with Gasteiger partial charge in [-0.15, -0.1) is 0 Å². The molecule has 1 aromatic heterocycles. The zero-order chi connectivity index (χ0) is 13.8. The summed E-state index contributed by atoms with van der Waals surface area (Å²) in [5.74, 6) is 0.910. The van der Waals surface area contributed by atoms with Crippen molar-refractivity contribution in [2.75, 3.05) is 27.2 Å². The summed E-state index contributed by atoms with van der Waals surface area (Å²) in [6, 6.07) is 0.427. The van der Waals surface area contributed by atoms with E-state index >= 15 is 0 Å². The van der Waals surface area contributed by atoms with Crippen molar-refractivity contribution in [1.82, 2.24) is 20.0 Å². The second-order valence-electron chi connectivity index (χ2n) is 5.69. The average Bonchev–Trinajstić information content (AvgIpc) is 3.09. The molecule has 0 aromatic carbocycles. The van der Waals surface area contributed by atoms with Crippen molar-refractivity contribution in [3.8, 4) is 0 Å². The van der Waals surface area contributed by atoms with E-state index in [1.807, 2.05) is 6.20 Å².